The fourth-order valence-electron chi connectivity index (χ4n) is 3.53. The Bertz CT molecular complexity index is 1010. The van der Waals surface area contributed by atoms with Gasteiger partial charge in [-0.1, -0.05) is 64.0 Å². The Hall–Kier alpha value is -1.76. The molecule has 0 bridgehead atoms. The van der Waals surface area contributed by atoms with Crippen LogP contribution in [-0.4, -0.2) is 42.2 Å². The zero-order valence-electron chi connectivity index (χ0n) is 17.2. The van der Waals surface area contributed by atoms with Gasteiger partial charge in [0.15, 0.2) is 0 Å². The highest BCUT2D eigenvalue weighted by Crippen LogP contribution is 2.38. The molecule has 2 aromatic rings. The van der Waals surface area contributed by atoms with E-state index in [-0.39, 0.29) is 20.7 Å². The number of nitrogens with two attached hydrogens (primary N) is 1. The molecule has 0 saturated carbocycles. The van der Waals surface area contributed by atoms with Crippen LogP contribution in [-0.2, 0) is 9.63 Å². The number of piperazine rings is 1. The first-order valence-electron chi connectivity index (χ1n) is 9.70. The molecule has 1 saturated heterocycles. The summed E-state index contributed by atoms with van der Waals surface area (Å²) in [6, 6.07) is 11.9. The molecular weight excluding hydrogens is 570 g/mol. The molecule has 1 heterocycles. The van der Waals surface area contributed by atoms with Crippen LogP contribution in [0.3, 0.4) is 0 Å². The predicted molar refractivity (Wildman–Crippen MR) is 134 cm³/mol. The fraction of sp³-hybridized carbons (Fsp3) is 0.286. The SMILES string of the molecule is C/C(ON)=C(\C(=O)N1CCN(c2ccc(N([O-])O)cc2Cl)CC1)C(I)c1ccccc1Cl. The number of anilines is 2. The van der Waals surface area contributed by atoms with Gasteiger partial charge in [0.25, 0.3) is 5.91 Å². The summed E-state index contributed by atoms with van der Waals surface area (Å²) in [7, 11) is 0. The van der Waals surface area contributed by atoms with Crippen LogP contribution in [0.5, 0.6) is 0 Å². The fourth-order valence-corrected chi connectivity index (χ4v) is 5.50. The van der Waals surface area contributed by atoms with Gasteiger partial charge in [-0.05, 0) is 36.8 Å². The van der Waals surface area contributed by atoms with E-state index in [1.165, 1.54) is 12.1 Å². The largest absolute Gasteiger partial charge is 0.733 e. The van der Waals surface area contributed by atoms with Gasteiger partial charge in [-0.3, -0.25) is 10.0 Å². The van der Waals surface area contributed by atoms with Crippen molar-refractivity contribution in [1.82, 2.24) is 4.90 Å². The molecule has 0 spiro atoms. The van der Waals surface area contributed by atoms with E-state index in [1.54, 1.807) is 24.0 Å². The third-order valence-corrected chi connectivity index (χ3v) is 7.22. The van der Waals surface area contributed by atoms with E-state index in [0.29, 0.717) is 47.6 Å². The monoisotopic (exact) mass is 591 g/mol. The summed E-state index contributed by atoms with van der Waals surface area (Å²) >= 11 is 14.8. The molecule has 172 valence electrons. The molecule has 1 atom stereocenters. The number of rotatable bonds is 6. The Morgan fingerprint density at radius 3 is 2.41 bits per heavy atom. The highest BCUT2D eigenvalue weighted by Gasteiger charge is 2.31. The van der Waals surface area contributed by atoms with E-state index in [2.05, 4.69) is 22.6 Å². The van der Waals surface area contributed by atoms with E-state index >= 15 is 0 Å². The van der Waals surface area contributed by atoms with Crippen LogP contribution in [0.25, 0.3) is 0 Å². The van der Waals surface area contributed by atoms with Gasteiger partial charge in [-0.2, -0.15) is 5.90 Å². The second-order valence-corrected chi connectivity index (χ2v) is 9.22. The molecular formula is C21H22Cl2IN4O4-. The minimum atomic E-state index is -0.342. The molecule has 0 aromatic heterocycles. The van der Waals surface area contributed by atoms with Gasteiger partial charge in [-0.15, -0.1) is 0 Å². The van der Waals surface area contributed by atoms with E-state index in [0.717, 1.165) is 11.3 Å². The summed E-state index contributed by atoms with van der Waals surface area (Å²) in [5, 5.41) is 20.8. The summed E-state index contributed by atoms with van der Waals surface area (Å²) < 4.78 is -0.342. The molecule has 32 heavy (non-hydrogen) atoms. The quantitative estimate of drug-likeness (QED) is 0.165. The molecule has 1 fully saturated rings. The van der Waals surface area contributed by atoms with Gasteiger partial charge in [0.2, 0.25) is 0 Å². The smallest absolute Gasteiger partial charge is 0.254 e. The first-order chi connectivity index (χ1) is 15.2. The molecule has 3 rings (SSSR count). The van der Waals surface area contributed by atoms with Crippen LogP contribution >= 0.6 is 45.8 Å². The molecule has 1 aliphatic rings. The molecule has 0 aliphatic carbocycles. The van der Waals surface area contributed by atoms with Crippen molar-refractivity contribution in [3.8, 4) is 0 Å². The van der Waals surface area contributed by atoms with Crippen molar-refractivity contribution in [2.75, 3.05) is 36.3 Å². The maximum atomic E-state index is 13.4. The number of hydrogen-bond acceptors (Lipinski definition) is 7. The van der Waals surface area contributed by atoms with Gasteiger partial charge in [0, 0.05) is 31.2 Å². The van der Waals surface area contributed by atoms with Crippen molar-refractivity contribution >= 4 is 63.1 Å². The summed E-state index contributed by atoms with van der Waals surface area (Å²) in [6.07, 6.45) is 0. The van der Waals surface area contributed by atoms with Gasteiger partial charge in [0.1, 0.15) is 5.76 Å². The number of nitrogens with zero attached hydrogens (tertiary/aromatic N) is 3. The van der Waals surface area contributed by atoms with Crippen LogP contribution < -0.4 is 16.0 Å². The standard InChI is InChI=1S/C21H22Cl2IN4O4/c1-13(32-25)19(20(24)15-4-2-3-5-16(15)22)21(29)27-10-8-26(9-11-27)18-7-6-14(28(30)31)12-17(18)23/h2-7,12,20,30H,8-11,25H2,1H3/q-1/b19-13+. The molecule has 1 unspecified atom stereocenters. The minimum absolute atomic E-state index is 0.0484. The second-order valence-electron chi connectivity index (χ2n) is 7.16. The van der Waals surface area contributed by atoms with Crippen molar-refractivity contribution < 1.29 is 14.8 Å². The molecule has 3 N–H and O–H groups in total. The summed E-state index contributed by atoms with van der Waals surface area (Å²) in [5.41, 5.74) is 2.02. The number of hydrogen-bond donors (Lipinski definition) is 2. The average Bonchev–Trinajstić information content (AvgIpc) is 2.79. The van der Waals surface area contributed by atoms with Gasteiger partial charge in [-0.25, -0.2) is 0 Å². The van der Waals surface area contributed by atoms with Crippen LogP contribution in [0.2, 0.25) is 10.0 Å². The molecule has 2 aromatic carbocycles. The Kier molecular flexibility index (Phi) is 8.48. The van der Waals surface area contributed by atoms with E-state index in [9.17, 15) is 10.0 Å². The Balaban J connectivity index is 1.76. The van der Waals surface area contributed by atoms with Crippen LogP contribution in [0, 0.1) is 5.21 Å². The number of carbonyl (C=O) groups is 1. The Morgan fingerprint density at radius 1 is 1.19 bits per heavy atom. The van der Waals surface area contributed by atoms with Crippen LogP contribution in [0.1, 0.15) is 16.4 Å². The maximum absolute atomic E-state index is 13.4. The van der Waals surface area contributed by atoms with E-state index in [1.807, 2.05) is 23.1 Å². The highest BCUT2D eigenvalue weighted by molar-refractivity contribution is 14.1. The highest BCUT2D eigenvalue weighted by atomic mass is 127. The number of amides is 1. The zero-order chi connectivity index (χ0) is 23.4. The third kappa shape index (κ3) is 5.41. The van der Waals surface area contributed by atoms with Crippen LogP contribution in [0.4, 0.5) is 11.4 Å². The molecule has 8 nitrogen and oxygen atoms in total. The van der Waals surface area contributed by atoms with Crippen molar-refractivity contribution in [1.29, 1.82) is 0 Å². The second kappa shape index (κ2) is 10.9. The first-order valence-corrected chi connectivity index (χ1v) is 11.7. The average molecular weight is 592 g/mol. The Labute approximate surface area is 209 Å². The molecule has 11 heteroatoms. The third-order valence-electron chi connectivity index (χ3n) is 5.28. The van der Waals surface area contributed by atoms with Crippen molar-refractivity contribution in [3.05, 3.63) is 74.6 Å². The van der Waals surface area contributed by atoms with Crippen molar-refractivity contribution in [3.63, 3.8) is 0 Å². The van der Waals surface area contributed by atoms with Gasteiger partial charge >= 0.3 is 0 Å². The molecule has 0 radical (unpaired) electrons. The summed E-state index contributed by atoms with van der Waals surface area (Å²) in [5.74, 6) is 5.58. The summed E-state index contributed by atoms with van der Waals surface area (Å²) in [6.45, 7) is 3.65. The number of halogens is 3. The zero-order valence-corrected chi connectivity index (χ0v) is 20.8. The van der Waals surface area contributed by atoms with Crippen molar-refractivity contribution in [2.24, 2.45) is 5.90 Å². The minimum Gasteiger partial charge on any atom is -0.733 e. The molecule has 1 aliphatic heterocycles. The lowest BCUT2D eigenvalue weighted by Gasteiger charge is -2.37. The summed E-state index contributed by atoms with van der Waals surface area (Å²) in [4.78, 5) is 22.1. The maximum Gasteiger partial charge on any atom is 0.254 e. The van der Waals surface area contributed by atoms with Gasteiger partial charge < -0.3 is 25.1 Å². The lowest BCUT2D eigenvalue weighted by molar-refractivity contribution is -0.127. The van der Waals surface area contributed by atoms with Crippen molar-refractivity contribution in [2.45, 2.75) is 10.8 Å². The van der Waals surface area contributed by atoms with E-state index < -0.39 is 0 Å². The molecule has 1 amide bonds. The predicted octanol–water partition coefficient (Wildman–Crippen LogP) is 4.68. The van der Waals surface area contributed by atoms with Crippen LogP contribution in [0.15, 0.2) is 53.8 Å². The normalized spacial score (nSPS) is 15.8. The number of alkyl halides is 1. The number of allylic oxidation sites excluding steroid dienone is 1. The van der Waals surface area contributed by atoms with Gasteiger partial charge in [0.05, 0.1) is 25.9 Å². The lowest BCUT2D eigenvalue weighted by Crippen LogP contribution is -2.49. The Morgan fingerprint density at radius 2 is 1.84 bits per heavy atom. The number of carbonyl (C=O) groups excluding carboxylic acids is 1. The first kappa shape index (κ1) is 24.9. The topological polar surface area (TPSA) is 105 Å². The number of benzene rings is 2. The lowest BCUT2D eigenvalue weighted by atomic mass is 10.0. The van der Waals surface area contributed by atoms with E-state index in [4.69, 9.17) is 39.1 Å².